The molecule has 28 heavy (non-hydrogen) atoms. The fourth-order valence-corrected chi connectivity index (χ4v) is 3.25. The van der Waals surface area contributed by atoms with Crippen LogP contribution in [0.25, 0.3) is 11.3 Å². The molecule has 2 heterocycles. The third kappa shape index (κ3) is 4.23. The van der Waals surface area contributed by atoms with Gasteiger partial charge in [-0.3, -0.25) is 0 Å². The van der Waals surface area contributed by atoms with Gasteiger partial charge in [0.2, 0.25) is 5.95 Å². The average Bonchev–Trinajstić information content (AvgIpc) is 2.75. The van der Waals surface area contributed by atoms with Gasteiger partial charge in [0.25, 0.3) is 0 Å². The number of rotatable bonds is 5. The van der Waals surface area contributed by atoms with Crippen LogP contribution >= 0.6 is 0 Å². The summed E-state index contributed by atoms with van der Waals surface area (Å²) in [6, 6.07) is 20.1. The van der Waals surface area contributed by atoms with Crippen LogP contribution in [0.15, 0.2) is 60.7 Å². The van der Waals surface area contributed by atoms with Gasteiger partial charge in [-0.1, -0.05) is 36.4 Å². The quantitative estimate of drug-likeness (QED) is 0.735. The first-order valence-electron chi connectivity index (χ1n) is 9.50. The molecule has 1 aliphatic rings. The molecule has 0 aliphatic carbocycles. The Balaban J connectivity index is 1.69. The number of hydrogen-bond donors (Lipinski definition) is 1. The minimum atomic E-state index is 0.764. The third-order valence-electron chi connectivity index (χ3n) is 4.91. The van der Waals surface area contributed by atoms with Crippen molar-refractivity contribution in [1.29, 1.82) is 0 Å². The van der Waals surface area contributed by atoms with Gasteiger partial charge in [0.15, 0.2) is 0 Å². The number of nitrogens with one attached hydrogen (secondary N) is 1. The second-order valence-corrected chi connectivity index (χ2v) is 6.95. The monoisotopic (exact) mass is 375 g/mol. The number of methoxy groups -OCH3 is 1. The maximum absolute atomic E-state index is 5.33. The largest absolute Gasteiger partial charge is 0.497 e. The van der Waals surface area contributed by atoms with E-state index in [9.17, 15) is 0 Å². The van der Waals surface area contributed by atoms with Crippen LogP contribution in [0.3, 0.4) is 0 Å². The molecular formula is C22H25N5O. The van der Waals surface area contributed by atoms with Crippen LogP contribution in [-0.2, 0) is 0 Å². The van der Waals surface area contributed by atoms with E-state index in [-0.39, 0.29) is 0 Å². The lowest BCUT2D eigenvalue weighted by atomic mass is 10.1. The first-order chi connectivity index (χ1) is 13.7. The predicted octanol–water partition coefficient (Wildman–Crippen LogP) is 3.65. The van der Waals surface area contributed by atoms with Gasteiger partial charge in [-0.25, -0.2) is 4.98 Å². The number of ether oxygens (including phenoxy) is 1. The summed E-state index contributed by atoms with van der Waals surface area (Å²) in [7, 11) is 3.82. The fraction of sp³-hybridized carbons (Fsp3) is 0.273. The van der Waals surface area contributed by atoms with Crippen molar-refractivity contribution in [2.24, 2.45) is 0 Å². The molecular weight excluding hydrogens is 350 g/mol. The van der Waals surface area contributed by atoms with E-state index < -0.39 is 0 Å². The van der Waals surface area contributed by atoms with Crippen LogP contribution in [0.2, 0.25) is 0 Å². The highest BCUT2D eigenvalue weighted by atomic mass is 16.5. The van der Waals surface area contributed by atoms with Gasteiger partial charge in [0.1, 0.15) is 11.6 Å². The zero-order valence-electron chi connectivity index (χ0n) is 16.3. The van der Waals surface area contributed by atoms with E-state index in [1.165, 1.54) is 0 Å². The molecule has 0 amide bonds. The van der Waals surface area contributed by atoms with Crippen molar-refractivity contribution in [2.45, 2.75) is 0 Å². The van der Waals surface area contributed by atoms with Crippen LogP contribution in [0.1, 0.15) is 0 Å². The predicted molar refractivity (Wildman–Crippen MR) is 113 cm³/mol. The van der Waals surface area contributed by atoms with Gasteiger partial charge in [-0.2, -0.15) is 4.98 Å². The van der Waals surface area contributed by atoms with Gasteiger partial charge in [0.05, 0.1) is 12.8 Å². The lowest BCUT2D eigenvalue weighted by molar-refractivity contribution is 0.311. The maximum Gasteiger partial charge on any atom is 0.227 e. The molecule has 0 atom stereocenters. The molecule has 1 fully saturated rings. The number of likely N-dealkylation sites (N-methyl/N-ethyl adjacent to an activating group) is 1. The zero-order valence-corrected chi connectivity index (χ0v) is 16.3. The van der Waals surface area contributed by atoms with Gasteiger partial charge < -0.3 is 19.9 Å². The van der Waals surface area contributed by atoms with Gasteiger partial charge in [-0.05, 0) is 19.2 Å². The van der Waals surface area contributed by atoms with E-state index in [0.717, 1.165) is 60.6 Å². The molecule has 3 aromatic rings. The standard InChI is InChI=1S/C22H25N5O/c1-26-11-13-27(14-12-26)22-24-20(17-7-4-3-5-8-17)16-21(25-22)23-18-9-6-10-19(15-18)28-2/h3-10,15-16H,11-14H2,1-2H3,(H,23,24,25). The summed E-state index contributed by atoms with van der Waals surface area (Å²) in [6.45, 7) is 3.87. The lowest BCUT2D eigenvalue weighted by Gasteiger charge is -2.32. The number of benzene rings is 2. The molecule has 4 rings (SSSR count). The third-order valence-corrected chi connectivity index (χ3v) is 4.91. The molecule has 0 saturated carbocycles. The van der Waals surface area contributed by atoms with E-state index in [1.54, 1.807) is 7.11 Å². The Kier molecular flexibility index (Phi) is 5.39. The Morgan fingerprint density at radius 3 is 2.43 bits per heavy atom. The molecule has 1 saturated heterocycles. The summed E-state index contributed by atoms with van der Waals surface area (Å²) < 4.78 is 5.33. The summed E-state index contributed by atoms with van der Waals surface area (Å²) in [6.07, 6.45) is 0. The fourth-order valence-electron chi connectivity index (χ4n) is 3.25. The van der Waals surface area contributed by atoms with E-state index in [0.29, 0.717) is 0 Å². The molecule has 1 aliphatic heterocycles. The molecule has 0 spiro atoms. The summed E-state index contributed by atoms with van der Waals surface area (Å²) in [5.41, 5.74) is 2.92. The summed E-state index contributed by atoms with van der Waals surface area (Å²) in [5, 5.41) is 3.41. The molecule has 0 unspecified atom stereocenters. The minimum Gasteiger partial charge on any atom is -0.497 e. The molecule has 6 nitrogen and oxygen atoms in total. The van der Waals surface area contributed by atoms with E-state index in [1.807, 2.05) is 48.5 Å². The van der Waals surface area contributed by atoms with Gasteiger partial charge >= 0.3 is 0 Å². The highest BCUT2D eigenvalue weighted by Crippen LogP contribution is 2.26. The lowest BCUT2D eigenvalue weighted by Crippen LogP contribution is -2.45. The van der Waals surface area contributed by atoms with Crippen molar-refractivity contribution in [2.75, 3.05) is 50.6 Å². The summed E-state index contributed by atoms with van der Waals surface area (Å²) in [4.78, 5) is 14.2. The van der Waals surface area contributed by atoms with Crippen LogP contribution in [0.5, 0.6) is 5.75 Å². The zero-order chi connectivity index (χ0) is 19.3. The number of aromatic nitrogens is 2. The Morgan fingerprint density at radius 1 is 0.893 bits per heavy atom. The first kappa shape index (κ1) is 18.3. The molecule has 144 valence electrons. The second kappa shape index (κ2) is 8.27. The van der Waals surface area contributed by atoms with Crippen molar-refractivity contribution in [3.8, 4) is 17.0 Å². The topological polar surface area (TPSA) is 53.5 Å². The van der Waals surface area contributed by atoms with Crippen molar-refractivity contribution in [1.82, 2.24) is 14.9 Å². The smallest absolute Gasteiger partial charge is 0.227 e. The van der Waals surface area contributed by atoms with Crippen LogP contribution in [0, 0.1) is 0 Å². The van der Waals surface area contributed by atoms with E-state index >= 15 is 0 Å². The maximum atomic E-state index is 5.33. The number of hydrogen-bond acceptors (Lipinski definition) is 6. The molecule has 6 heteroatoms. The second-order valence-electron chi connectivity index (χ2n) is 6.95. The SMILES string of the molecule is COc1cccc(Nc2cc(-c3ccccc3)nc(N3CCN(C)CC3)n2)c1. The highest BCUT2D eigenvalue weighted by Gasteiger charge is 2.18. The summed E-state index contributed by atoms with van der Waals surface area (Å²) >= 11 is 0. The Bertz CT molecular complexity index is 923. The molecule has 1 aromatic heterocycles. The van der Waals surface area contributed by atoms with Crippen LogP contribution in [-0.4, -0.2) is 55.2 Å². The number of anilines is 3. The van der Waals surface area contributed by atoms with Gasteiger partial charge in [-0.15, -0.1) is 0 Å². The Hall–Kier alpha value is -3.12. The minimum absolute atomic E-state index is 0.764. The van der Waals surface area contributed by atoms with Crippen LogP contribution in [0.4, 0.5) is 17.5 Å². The highest BCUT2D eigenvalue weighted by molar-refractivity contribution is 5.68. The van der Waals surface area contributed by atoms with Crippen molar-refractivity contribution in [3.05, 3.63) is 60.7 Å². The molecule has 2 aromatic carbocycles. The van der Waals surface area contributed by atoms with E-state index in [2.05, 4.69) is 34.3 Å². The normalized spacial score (nSPS) is 14.7. The van der Waals surface area contributed by atoms with Crippen LogP contribution < -0.4 is 15.0 Å². The molecule has 0 radical (unpaired) electrons. The van der Waals surface area contributed by atoms with Crippen molar-refractivity contribution >= 4 is 17.5 Å². The Morgan fingerprint density at radius 2 is 1.68 bits per heavy atom. The van der Waals surface area contributed by atoms with Crippen molar-refractivity contribution < 1.29 is 4.74 Å². The average molecular weight is 375 g/mol. The van der Waals surface area contributed by atoms with Gasteiger partial charge in [0, 0.05) is 49.6 Å². The number of nitrogens with zero attached hydrogens (tertiary/aromatic N) is 4. The molecule has 1 N–H and O–H groups in total. The first-order valence-corrected chi connectivity index (χ1v) is 9.50. The van der Waals surface area contributed by atoms with Crippen molar-refractivity contribution in [3.63, 3.8) is 0 Å². The Labute approximate surface area is 165 Å². The summed E-state index contributed by atoms with van der Waals surface area (Å²) in [5.74, 6) is 2.34. The molecule has 0 bridgehead atoms. The van der Waals surface area contributed by atoms with E-state index in [4.69, 9.17) is 14.7 Å². The number of piperazine rings is 1.